The van der Waals surface area contributed by atoms with Crippen molar-refractivity contribution in [2.75, 3.05) is 7.11 Å². The molecule has 0 radical (unpaired) electrons. The molecule has 1 aliphatic heterocycles. The topological polar surface area (TPSA) is 37.4 Å². The molecular weight excluding hydrogens is 296 g/mol. The number of allylic oxidation sites excluding steroid dienone is 1. The molecule has 3 nitrogen and oxygen atoms in total. The molecular formula is C18H17ClN2O. The number of nitrogens with zero attached hydrogens (tertiary/aromatic N) is 1. The Morgan fingerprint density at radius 1 is 1.18 bits per heavy atom. The van der Waals surface area contributed by atoms with Gasteiger partial charge < -0.3 is 9.72 Å². The fourth-order valence-electron chi connectivity index (χ4n) is 2.49. The third-order valence-electron chi connectivity index (χ3n) is 3.59. The van der Waals surface area contributed by atoms with Gasteiger partial charge in [-0.05, 0) is 43.7 Å². The molecule has 1 aliphatic rings. The fraction of sp³-hybridized carbons (Fsp3) is 0.167. The van der Waals surface area contributed by atoms with E-state index in [9.17, 15) is 0 Å². The molecule has 1 N–H and O–H groups in total. The maximum atomic E-state index is 5.93. The number of nitrogens with one attached hydrogen (secondary N) is 1. The maximum Gasteiger partial charge on any atom is 0.146 e. The summed E-state index contributed by atoms with van der Waals surface area (Å²) < 4.78 is 5.46. The summed E-state index contributed by atoms with van der Waals surface area (Å²) in [6.07, 6.45) is 3.96. The van der Waals surface area contributed by atoms with Crippen LogP contribution in [0.4, 0.5) is 0 Å². The van der Waals surface area contributed by atoms with E-state index in [0.29, 0.717) is 5.02 Å². The normalized spacial score (nSPS) is 15.9. The Kier molecular flexibility index (Phi) is 3.90. The average Bonchev–Trinajstić information content (AvgIpc) is 3.03. The minimum atomic E-state index is 0.714. The lowest BCUT2D eigenvalue weighted by Gasteiger charge is -2.01. The van der Waals surface area contributed by atoms with Crippen LogP contribution in [0.25, 0.3) is 6.08 Å². The standard InChI is InChI=1S/C18H17ClN2O/c1-11-8-12(2)20-15(11)9-17-18(22-3)10-16(21-17)13-4-6-14(19)7-5-13/h4-10,20H,1-3H3. The van der Waals surface area contributed by atoms with Gasteiger partial charge in [0.2, 0.25) is 0 Å². The van der Waals surface area contributed by atoms with Crippen molar-refractivity contribution in [3.63, 3.8) is 0 Å². The Balaban J connectivity index is 2.00. The van der Waals surface area contributed by atoms with Crippen LogP contribution in [0, 0.1) is 13.8 Å². The van der Waals surface area contributed by atoms with E-state index in [1.807, 2.05) is 43.3 Å². The molecule has 0 unspecified atom stereocenters. The molecule has 2 heterocycles. The van der Waals surface area contributed by atoms with Crippen LogP contribution < -0.4 is 0 Å². The van der Waals surface area contributed by atoms with E-state index in [1.165, 1.54) is 5.56 Å². The van der Waals surface area contributed by atoms with Crippen molar-refractivity contribution in [2.24, 2.45) is 4.99 Å². The van der Waals surface area contributed by atoms with Crippen LogP contribution in [0.2, 0.25) is 5.02 Å². The van der Waals surface area contributed by atoms with Gasteiger partial charge in [0, 0.05) is 28.0 Å². The third-order valence-corrected chi connectivity index (χ3v) is 3.84. The molecule has 3 rings (SSSR count). The first-order valence-electron chi connectivity index (χ1n) is 7.05. The zero-order valence-corrected chi connectivity index (χ0v) is 13.5. The quantitative estimate of drug-likeness (QED) is 0.879. The first-order chi connectivity index (χ1) is 10.6. The zero-order chi connectivity index (χ0) is 15.7. The number of halogens is 1. The number of aromatic amines is 1. The number of hydrogen-bond acceptors (Lipinski definition) is 2. The second kappa shape index (κ2) is 5.85. The Morgan fingerprint density at radius 2 is 1.91 bits per heavy atom. The lowest BCUT2D eigenvalue weighted by molar-refractivity contribution is 0.303. The molecule has 0 spiro atoms. The van der Waals surface area contributed by atoms with E-state index in [-0.39, 0.29) is 0 Å². The molecule has 2 aromatic rings. The second-order valence-electron chi connectivity index (χ2n) is 5.30. The lowest BCUT2D eigenvalue weighted by Crippen LogP contribution is -1.92. The third kappa shape index (κ3) is 2.85. The van der Waals surface area contributed by atoms with Crippen LogP contribution in [0.3, 0.4) is 0 Å². The van der Waals surface area contributed by atoms with Crippen molar-refractivity contribution in [3.05, 3.63) is 75.4 Å². The molecule has 0 fully saturated rings. The van der Waals surface area contributed by atoms with E-state index < -0.39 is 0 Å². The first-order valence-corrected chi connectivity index (χ1v) is 7.43. The summed E-state index contributed by atoms with van der Waals surface area (Å²) in [7, 11) is 1.66. The predicted octanol–water partition coefficient (Wildman–Crippen LogP) is 4.66. The largest absolute Gasteiger partial charge is 0.494 e. The molecule has 0 saturated heterocycles. The minimum absolute atomic E-state index is 0.714. The molecule has 0 aliphatic carbocycles. The van der Waals surface area contributed by atoms with Crippen molar-refractivity contribution in [3.8, 4) is 0 Å². The molecule has 1 aromatic carbocycles. The highest BCUT2D eigenvalue weighted by atomic mass is 35.5. The van der Waals surface area contributed by atoms with Gasteiger partial charge in [0.15, 0.2) is 0 Å². The lowest BCUT2D eigenvalue weighted by atomic mass is 10.1. The Bertz CT molecular complexity index is 795. The van der Waals surface area contributed by atoms with Gasteiger partial charge in [-0.25, -0.2) is 4.99 Å². The molecule has 0 bridgehead atoms. The number of hydrogen-bond donors (Lipinski definition) is 1. The van der Waals surface area contributed by atoms with E-state index in [4.69, 9.17) is 16.3 Å². The number of rotatable bonds is 3. The molecule has 22 heavy (non-hydrogen) atoms. The van der Waals surface area contributed by atoms with Crippen molar-refractivity contribution in [1.82, 2.24) is 4.98 Å². The molecule has 1 aromatic heterocycles. The SMILES string of the molecule is COC1=CC(c2ccc(Cl)cc2)=NC1=Cc1[nH]c(C)cc1C. The van der Waals surface area contributed by atoms with Gasteiger partial charge in [-0.3, -0.25) is 0 Å². The Morgan fingerprint density at radius 3 is 2.50 bits per heavy atom. The molecule has 0 amide bonds. The fourth-order valence-corrected chi connectivity index (χ4v) is 2.61. The van der Waals surface area contributed by atoms with Crippen LogP contribution in [0.5, 0.6) is 0 Å². The molecule has 112 valence electrons. The van der Waals surface area contributed by atoms with Gasteiger partial charge in [0.1, 0.15) is 11.5 Å². The number of aliphatic imine (C=N–C) groups is 1. The van der Waals surface area contributed by atoms with Gasteiger partial charge in [-0.2, -0.15) is 0 Å². The Hall–Kier alpha value is -2.26. The van der Waals surface area contributed by atoms with Crippen LogP contribution in [-0.4, -0.2) is 17.8 Å². The van der Waals surface area contributed by atoms with E-state index in [0.717, 1.165) is 34.1 Å². The summed E-state index contributed by atoms with van der Waals surface area (Å²) in [5, 5.41) is 0.714. The highest BCUT2D eigenvalue weighted by molar-refractivity contribution is 6.30. The van der Waals surface area contributed by atoms with Gasteiger partial charge in [0.25, 0.3) is 0 Å². The summed E-state index contributed by atoms with van der Waals surface area (Å²) in [5.41, 5.74) is 6.08. The van der Waals surface area contributed by atoms with Crippen molar-refractivity contribution >= 4 is 23.4 Å². The molecule has 0 atom stereocenters. The van der Waals surface area contributed by atoms with Crippen LogP contribution in [0.1, 0.15) is 22.5 Å². The number of aryl methyl sites for hydroxylation is 2. The van der Waals surface area contributed by atoms with Crippen LogP contribution >= 0.6 is 11.6 Å². The minimum Gasteiger partial charge on any atom is -0.494 e. The summed E-state index contributed by atoms with van der Waals surface area (Å²) in [6.45, 7) is 4.12. The number of ether oxygens (including phenoxy) is 1. The number of methoxy groups -OCH3 is 1. The summed E-state index contributed by atoms with van der Waals surface area (Å²) in [5.74, 6) is 0.761. The summed E-state index contributed by atoms with van der Waals surface area (Å²) in [4.78, 5) is 8.02. The molecule has 4 heteroatoms. The number of benzene rings is 1. The maximum absolute atomic E-state index is 5.93. The van der Waals surface area contributed by atoms with Crippen LogP contribution in [0.15, 0.2) is 52.9 Å². The number of aromatic nitrogens is 1. The first kappa shape index (κ1) is 14.7. The van der Waals surface area contributed by atoms with E-state index in [2.05, 4.69) is 23.0 Å². The van der Waals surface area contributed by atoms with E-state index in [1.54, 1.807) is 7.11 Å². The van der Waals surface area contributed by atoms with Crippen molar-refractivity contribution in [2.45, 2.75) is 13.8 Å². The monoisotopic (exact) mass is 312 g/mol. The van der Waals surface area contributed by atoms with Gasteiger partial charge in [-0.15, -0.1) is 0 Å². The van der Waals surface area contributed by atoms with Gasteiger partial charge in [0.05, 0.1) is 12.8 Å². The van der Waals surface area contributed by atoms with Gasteiger partial charge in [-0.1, -0.05) is 23.7 Å². The van der Waals surface area contributed by atoms with Crippen molar-refractivity contribution in [1.29, 1.82) is 0 Å². The summed E-state index contributed by atoms with van der Waals surface area (Å²) >= 11 is 5.93. The summed E-state index contributed by atoms with van der Waals surface area (Å²) in [6, 6.07) is 9.75. The highest BCUT2D eigenvalue weighted by Crippen LogP contribution is 2.26. The predicted molar refractivity (Wildman–Crippen MR) is 91.3 cm³/mol. The number of H-pyrrole nitrogens is 1. The van der Waals surface area contributed by atoms with E-state index >= 15 is 0 Å². The molecule has 0 saturated carbocycles. The highest BCUT2D eigenvalue weighted by Gasteiger charge is 2.17. The zero-order valence-electron chi connectivity index (χ0n) is 12.8. The van der Waals surface area contributed by atoms with Gasteiger partial charge >= 0.3 is 0 Å². The van der Waals surface area contributed by atoms with Crippen LogP contribution in [-0.2, 0) is 4.74 Å². The average molecular weight is 313 g/mol. The smallest absolute Gasteiger partial charge is 0.146 e. The van der Waals surface area contributed by atoms with Crippen molar-refractivity contribution < 1.29 is 4.74 Å². The Labute approximate surface area is 135 Å². The second-order valence-corrected chi connectivity index (χ2v) is 5.73.